The van der Waals surface area contributed by atoms with E-state index >= 15 is 8.78 Å². The van der Waals surface area contributed by atoms with Gasteiger partial charge in [-0.15, -0.1) is 0 Å². The number of carbonyl (C=O) groups is 1. The van der Waals surface area contributed by atoms with Gasteiger partial charge in [0, 0.05) is 12.3 Å². The second-order valence-corrected chi connectivity index (χ2v) is 10.8. The lowest BCUT2D eigenvalue weighted by Crippen LogP contribution is -2.48. The number of nitrogens with zero attached hydrogens (tertiary/aromatic N) is 1. The fourth-order valence-electron chi connectivity index (χ4n) is 4.11. The number of benzene rings is 1. The molecular weight excluding hydrogens is 519 g/mol. The molecule has 3 N–H and O–H groups in total. The van der Waals surface area contributed by atoms with Gasteiger partial charge in [-0.1, -0.05) is 18.2 Å². The van der Waals surface area contributed by atoms with Gasteiger partial charge in [-0.3, -0.25) is 23.7 Å². The number of esters is 1. The Morgan fingerprint density at radius 1 is 1.22 bits per heavy atom. The van der Waals surface area contributed by atoms with E-state index in [0.717, 1.165) is 19.2 Å². The van der Waals surface area contributed by atoms with E-state index in [4.69, 9.17) is 18.5 Å². The highest BCUT2D eigenvalue weighted by molar-refractivity contribution is 7.52. The lowest BCUT2D eigenvalue weighted by atomic mass is 9.97. The molecule has 2 heterocycles. The van der Waals surface area contributed by atoms with E-state index in [2.05, 4.69) is 5.09 Å². The molecule has 2 aromatic rings. The van der Waals surface area contributed by atoms with Gasteiger partial charge < -0.3 is 19.1 Å². The van der Waals surface area contributed by atoms with Crippen LogP contribution in [-0.2, 0) is 23.4 Å². The van der Waals surface area contributed by atoms with Gasteiger partial charge in [0.1, 0.15) is 11.8 Å². The maximum atomic E-state index is 15.9. The standard InChI is InChI=1S/C22H26F2N3O9P/c1-12(2)33-16(29)13(3)26-37(32,35-14-8-6-5-7-9-14)36-17-21(31)20(4,23)18(34-22(17,21)24)27-11-10-15(28)25-19(27)30/h5-13,17-18,31H,1-4H3,(H,26,32)(H,25,28,30)/t13?,17?,18-,20+,21+,22-,37?/m1/s1. The fraction of sp³-hybridized carbons (Fsp3) is 0.500. The molecule has 3 unspecified atom stereocenters. The van der Waals surface area contributed by atoms with Crippen molar-refractivity contribution in [2.24, 2.45) is 0 Å². The molecule has 7 atom stereocenters. The summed E-state index contributed by atoms with van der Waals surface area (Å²) in [7, 11) is -4.71. The molecule has 1 saturated carbocycles. The number of aliphatic hydroxyl groups is 1. The monoisotopic (exact) mass is 545 g/mol. The fourth-order valence-corrected chi connectivity index (χ4v) is 5.81. The normalized spacial score (nSPS) is 32.9. The summed E-state index contributed by atoms with van der Waals surface area (Å²) < 4.78 is 66.8. The Morgan fingerprint density at radius 2 is 1.86 bits per heavy atom. The van der Waals surface area contributed by atoms with Crippen molar-refractivity contribution in [2.45, 2.75) is 69.3 Å². The zero-order chi connectivity index (χ0) is 27.4. The van der Waals surface area contributed by atoms with E-state index in [1.807, 2.05) is 4.98 Å². The summed E-state index contributed by atoms with van der Waals surface area (Å²) in [5, 5.41) is 13.3. The molecule has 37 heavy (non-hydrogen) atoms. The molecule has 2 aliphatic rings. The lowest BCUT2D eigenvalue weighted by molar-refractivity contribution is -0.159. The predicted molar refractivity (Wildman–Crippen MR) is 123 cm³/mol. The van der Waals surface area contributed by atoms with Gasteiger partial charge >= 0.3 is 19.4 Å². The van der Waals surface area contributed by atoms with Crippen LogP contribution in [-0.4, -0.2) is 56.0 Å². The molecule has 0 amide bonds. The molecule has 1 saturated heterocycles. The zero-order valence-electron chi connectivity index (χ0n) is 20.2. The van der Waals surface area contributed by atoms with Crippen molar-refractivity contribution in [3.05, 3.63) is 63.4 Å². The number of carbonyl (C=O) groups excluding carboxylic acids is 1. The van der Waals surface area contributed by atoms with Crippen molar-refractivity contribution >= 4 is 13.7 Å². The molecular formula is C22H26F2N3O9P. The number of aromatic nitrogens is 2. The molecule has 1 aromatic carbocycles. The number of halogens is 2. The summed E-state index contributed by atoms with van der Waals surface area (Å²) in [5.74, 6) is -4.10. The first kappa shape index (κ1) is 27.1. The Balaban J connectivity index is 1.62. The third kappa shape index (κ3) is 4.53. The van der Waals surface area contributed by atoms with E-state index < -0.39 is 66.6 Å². The first-order valence-electron chi connectivity index (χ1n) is 11.3. The van der Waals surface area contributed by atoms with Crippen molar-refractivity contribution in [3.63, 3.8) is 0 Å². The Kier molecular flexibility index (Phi) is 6.70. The van der Waals surface area contributed by atoms with Gasteiger partial charge in [-0.2, -0.15) is 5.09 Å². The summed E-state index contributed by atoms with van der Waals surface area (Å²) >= 11 is 0. The topological polar surface area (TPSA) is 158 Å². The maximum absolute atomic E-state index is 15.9. The Morgan fingerprint density at radius 3 is 2.41 bits per heavy atom. The molecule has 4 rings (SSSR count). The first-order valence-corrected chi connectivity index (χ1v) is 12.8. The molecule has 15 heteroatoms. The van der Waals surface area contributed by atoms with Crippen LogP contribution in [0.25, 0.3) is 0 Å². The Labute approximate surface area is 209 Å². The molecule has 2 fully saturated rings. The van der Waals surface area contributed by atoms with Gasteiger partial charge in [0.2, 0.25) is 0 Å². The van der Waals surface area contributed by atoms with Crippen LogP contribution in [0.5, 0.6) is 5.75 Å². The van der Waals surface area contributed by atoms with Crippen LogP contribution in [0.2, 0.25) is 0 Å². The van der Waals surface area contributed by atoms with Crippen molar-refractivity contribution in [1.82, 2.24) is 14.6 Å². The Bertz CT molecular complexity index is 1350. The van der Waals surface area contributed by atoms with Crippen LogP contribution >= 0.6 is 7.75 Å². The third-order valence-electron chi connectivity index (χ3n) is 6.02. The molecule has 0 radical (unpaired) electrons. The number of hydrogen-bond donors (Lipinski definition) is 3. The molecule has 1 aliphatic carbocycles. The summed E-state index contributed by atoms with van der Waals surface area (Å²) in [5.41, 5.74) is -7.95. The van der Waals surface area contributed by atoms with E-state index in [-0.39, 0.29) is 5.75 Å². The van der Waals surface area contributed by atoms with Gasteiger partial charge in [0.05, 0.1) is 6.10 Å². The third-order valence-corrected chi connectivity index (χ3v) is 7.66. The zero-order valence-corrected chi connectivity index (χ0v) is 21.1. The van der Waals surface area contributed by atoms with E-state index in [1.165, 1.54) is 19.1 Å². The van der Waals surface area contributed by atoms with E-state index in [0.29, 0.717) is 4.57 Å². The molecule has 1 aliphatic heterocycles. The molecule has 0 bridgehead atoms. The molecule has 202 valence electrons. The summed E-state index contributed by atoms with van der Waals surface area (Å²) in [4.78, 5) is 37.6. The maximum Gasteiger partial charge on any atom is 0.460 e. The predicted octanol–water partition coefficient (Wildman–Crippen LogP) is 1.71. The van der Waals surface area contributed by atoms with Crippen molar-refractivity contribution in [2.75, 3.05) is 0 Å². The SMILES string of the molecule is CC(C)OC(=O)C(C)NP(=O)(Oc1ccccc1)OC1[C@]2(O)[C@@](C)(F)[C@H](n3ccc(=O)[nH]c3=O)O[C@]12F. The number of fused-ring (bicyclic) bond motifs is 1. The number of hydrogen-bond acceptors (Lipinski definition) is 9. The van der Waals surface area contributed by atoms with E-state index in [1.54, 1.807) is 32.0 Å². The summed E-state index contributed by atoms with van der Waals surface area (Å²) in [6.45, 7) is 5.24. The number of para-hydroxylation sites is 1. The number of rotatable bonds is 9. The highest BCUT2D eigenvalue weighted by Gasteiger charge is 2.96. The minimum Gasteiger partial charge on any atom is -0.462 e. The van der Waals surface area contributed by atoms with Crippen molar-refractivity contribution in [1.29, 1.82) is 0 Å². The van der Waals surface area contributed by atoms with Crippen molar-refractivity contribution in [3.8, 4) is 5.75 Å². The Hall–Kier alpha value is -2.90. The summed E-state index contributed by atoms with van der Waals surface area (Å²) in [6, 6.07) is 7.12. The minimum absolute atomic E-state index is 0.00457. The van der Waals surface area contributed by atoms with Gasteiger partial charge in [-0.05, 0) is 39.8 Å². The smallest absolute Gasteiger partial charge is 0.460 e. The molecule has 12 nitrogen and oxygen atoms in total. The average molecular weight is 545 g/mol. The van der Waals surface area contributed by atoms with Gasteiger partial charge in [-0.25, -0.2) is 18.1 Å². The van der Waals surface area contributed by atoms with Crippen LogP contribution in [0.15, 0.2) is 52.2 Å². The van der Waals surface area contributed by atoms with Crippen LogP contribution in [0.4, 0.5) is 8.78 Å². The average Bonchev–Trinajstić information content (AvgIpc) is 3.19. The molecule has 1 aromatic heterocycles. The lowest BCUT2D eigenvalue weighted by Gasteiger charge is -2.31. The number of aromatic amines is 1. The van der Waals surface area contributed by atoms with E-state index in [9.17, 15) is 24.1 Å². The number of ether oxygens (including phenoxy) is 2. The van der Waals surface area contributed by atoms with Crippen LogP contribution in [0, 0.1) is 0 Å². The minimum atomic E-state index is -4.71. The van der Waals surface area contributed by atoms with Crippen LogP contribution < -0.4 is 20.9 Å². The first-order chi connectivity index (χ1) is 17.1. The van der Waals surface area contributed by atoms with Gasteiger partial charge in [0.15, 0.2) is 23.6 Å². The molecule has 0 spiro atoms. The summed E-state index contributed by atoms with van der Waals surface area (Å²) in [6.07, 6.45) is -3.82. The van der Waals surface area contributed by atoms with Gasteiger partial charge in [0.25, 0.3) is 11.4 Å². The van der Waals surface area contributed by atoms with Crippen LogP contribution in [0.1, 0.15) is 33.9 Å². The second-order valence-electron chi connectivity index (χ2n) is 9.20. The highest BCUT2D eigenvalue weighted by atomic mass is 31.2. The second kappa shape index (κ2) is 9.14. The van der Waals surface area contributed by atoms with Crippen LogP contribution in [0.3, 0.4) is 0 Å². The number of nitrogens with one attached hydrogen (secondary N) is 2. The highest BCUT2D eigenvalue weighted by Crippen LogP contribution is 2.72. The number of H-pyrrole nitrogens is 1. The quantitative estimate of drug-likeness (QED) is 0.313. The largest absolute Gasteiger partial charge is 0.462 e. The number of alkyl halides is 2. The van der Waals surface area contributed by atoms with Crippen molar-refractivity contribution < 1.29 is 41.8 Å².